The summed E-state index contributed by atoms with van der Waals surface area (Å²) in [6.45, 7) is 8.78. The standard InChI is InChI=1S/C18H23N3O2S/c1-4-11-21-17(15-9-6-8-14(3)13-15)19-20-18(21)24-12-7-10-16(22)23-5-2/h4,6,8-9,13H,1,5,7,10-12H2,2-3H3. The van der Waals surface area contributed by atoms with Crippen LogP contribution >= 0.6 is 11.8 Å². The third kappa shape index (κ3) is 4.96. The molecular weight excluding hydrogens is 322 g/mol. The highest BCUT2D eigenvalue weighted by Crippen LogP contribution is 2.25. The Morgan fingerprint density at radius 3 is 2.96 bits per heavy atom. The molecule has 1 aromatic heterocycles. The summed E-state index contributed by atoms with van der Waals surface area (Å²) in [6.07, 6.45) is 3.02. The Labute approximate surface area is 147 Å². The van der Waals surface area contributed by atoms with Gasteiger partial charge < -0.3 is 4.74 Å². The van der Waals surface area contributed by atoms with Crippen molar-refractivity contribution in [3.8, 4) is 11.4 Å². The van der Waals surface area contributed by atoms with Gasteiger partial charge in [-0.15, -0.1) is 16.8 Å². The highest BCUT2D eigenvalue weighted by atomic mass is 32.2. The second-order valence-corrected chi connectivity index (χ2v) is 6.39. The number of aromatic nitrogens is 3. The molecule has 0 radical (unpaired) electrons. The molecule has 6 heteroatoms. The van der Waals surface area contributed by atoms with E-state index in [1.54, 1.807) is 11.8 Å². The quantitative estimate of drug-likeness (QED) is 0.299. The molecule has 0 N–H and O–H groups in total. The van der Waals surface area contributed by atoms with Crippen molar-refractivity contribution in [1.82, 2.24) is 14.8 Å². The summed E-state index contributed by atoms with van der Waals surface area (Å²) in [6, 6.07) is 8.21. The fraction of sp³-hybridized carbons (Fsp3) is 0.389. The molecule has 1 aromatic carbocycles. The lowest BCUT2D eigenvalue weighted by atomic mass is 10.1. The van der Waals surface area contributed by atoms with Gasteiger partial charge in [0, 0.05) is 24.3 Å². The molecule has 0 aliphatic carbocycles. The van der Waals surface area contributed by atoms with Crippen LogP contribution in [0.3, 0.4) is 0 Å². The first-order valence-corrected chi connectivity index (χ1v) is 9.03. The number of thioether (sulfide) groups is 1. The van der Waals surface area contributed by atoms with Crippen LogP contribution < -0.4 is 0 Å². The molecule has 0 aliphatic heterocycles. The van der Waals surface area contributed by atoms with E-state index in [9.17, 15) is 4.79 Å². The van der Waals surface area contributed by atoms with Gasteiger partial charge in [-0.3, -0.25) is 9.36 Å². The number of hydrogen-bond donors (Lipinski definition) is 0. The van der Waals surface area contributed by atoms with Crippen molar-refractivity contribution < 1.29 is 9.53 Å². The highest BCUT2D eigenvalue weighted by molar-refractivity contribution is 7.99. The van der Waals surface area contributed by atoms with Crippen molar-refractivity contribution in [2.75, 3.05) is 12.4 Å². The van der Waals surface area contributed by atoms with E-state index in [2.05, 4.69) is 40.4 Å². The Balaban J connectivity index is 2.05. The summed E-state index contributed by atoms with van der Waals surface area (Å²) < 4.78 is 6.99. The van der Waals surface area contributed by atoms with E-state index in [1.807, 2.05) is 25.1 Å². The van der Waals surface area contributed by atoms with Crippen molar-refractivity contribution in [3.63, 3.8) is 0 Å². The number of hydrogen-bond acceptors (Lipinski definition) is 5. The Bertz CT molecular complexity index is 697. The van der Waals surface area contributed by atoms with Gasteiger partial charge in [0.25, 0.3) is 0 Å². The van der Waals surface area contributed by atoms with Crippen LogP contribution in [0.4, 0.5) is 0 Å². The minimum atomic E-state index is -0.147. The van der Waals surface area contributed by atoms with Crippen molar-refractivity contribution >= 4 is 17.7 Å². The van der Waals surface area contributed by atoms with Gasteiger partial charge in [-0.2, -0.15) is 0 Å². The smallest absolute Gasteiger partial charge is 0.305 e. The molecule has 0 unspecified atom stereocenters. The van der Waals surface area contributed by atoms with E-state index >= 15 is 0 Å². The van der Waals surface area contributed by atoms with Gasteiger partial charge in [-0.05, 0) is 26.3 Å². The molecule has 2 aromatic rings. The van der Waals surface area contributed by atoms with E-state index in [-0.39, 0.29) is 5.97 Å². The Kier molecular flexibility index (Phi) is 7.06. The summed E-state index contributed by atoms with van der Waals surface area (Å²) in [5, 5.41) is 9.49. The number of carbonyl (C=O) groups excluding carboxylic acids is 1. The fourth-order valence-corrected chi connectivity index (χ4v) is 3.19. The summed E-state index contributed by atoms with van der Waals surface area (Å²) in [7, 11) is 0. The van der Waals surface area contributed by atoms with Crippen LogP contribution in [-0.2, 0) is 16.1 Å². The van der Waals surface area contributed by atoms with Gasteiger partial charge in [0.05, 0.1) is 6.61 Å². The van der Waals surface area contributed by atoms with Crippen molar-refractivity contribution in [2.24, 2.45) is 0 Å². The fourth-order valence-electron chi connectivity index (χ4n) is 2.30. The lowest BCUT2D eigenvalue weighted by Crippen LogP contribution is -2.04. The number of esters is 1. The molecule has 0 aliphatic rings. The number of rotatable bonds is 9. The maximum atomic E-state index is 11.4. The number of nitrogens with zero attached hydrogens (tertiary/aromatic N) is 3. The zero-order valence-electron chi connectivity index (χ0n) is 14.2. The molecule has 128 valence electrons. The average Bonchev–Trinajstić information content (AvgIpc) is 2.95. The lowest BCUT2D eigenvalue weighted by Gasteiger charge is -2.08. The minimum Gasteiger partial charge on any atom is -0.466 e. The van der Waals surface area contributed by atoms with E-state index < -0.39 is 0 Å². The molecule has 0 bridgehead atoms. The van der Waals surface area contributed by atoms with Gasteiger partial charge in [-0.25, -0.2) is 0 Å². The molecule has 5 nitrogen and oxygen atoms in total. The van der Waals surface area contributed by atoms with Crippen molar-refractivity contribution in [3.05, 3.63) is 42.5 Å². The molecule has 0 atom stereocenters. The number of allylic oxidation sites excluding steroid dienone is 1. The SMILES string of the molecule is C=CCn1c(SCCCC(=O)OCC)nnc1-c1cccc(C)c1. The normalized spacial score (nSPS) is 10.6. The zero-order valence-corrected chi connectivity index (χ0v) is 15.0. The summed E-state index contributed by atoms with van der Waals surface area (Å²) in [4.78, 5) is 11.4. The van der Waals surface area contributed by atoms with Crippen LogP contribution in [0.5, 0.6) is 0 Å². The largest absolute Gasteiger partial charge is 0.466 e. The maximum Gasteiger partial charge on any atom is 0.305 e. The first kappa shape index (κ1) is 18.3. The summed E-state index contributed by atoms with van der Waals surface area (Å²) in [5.74, 6) is 1.49. The van der Waals surface area contributed by atoms with Gasteiger partial charge in [0.15, 0.2) is 11.0 Å². The number of ether oxygens (including phenoxy) is 1. The molecule has 0 saturated heterocycles. The van der Waals surface area contributed by atoms with Gasteiger partial charge >= 0.3 is 5.97 Å². The van der Waals surface area contributed by atoms with E-state index in [0.717, 1.165) is 28.7 Å². The Hall–Kier alpha value is -2.08. The van der Waals surface area contributed by atoms with Crippen molar-refractivity contribution in [2.45, 2.75) is 38.4 Å². The first-order chi connectivity index (χ1) is 11.7. The van der Waals surface area contributed by atoms with Gasteiger partial charge in [-0.1, -0.05) is 41.6 Å². The van der Waals surface area contributed by atoms with Crippen LogP contribution in [-0.4, -0.2) is 33.1 Å². The molecule has 1 heterocycles. The number of benzene rings is 1. The van der Waals surface area contributed by atoms with Crippen LogP contribution in [0.2, 0.25) is 0 Å². The van der Waals surface area contributed by atoms with Crippen LogP contribution in [0.25, 0.3) is 11.4 Å². The van der Waals surface area contributed by atoms with E-state index in [1.165, 1.54) is 5.56 Å². The van der Waals surface area contributed by atoms with E-state index in [0.29, 0.717) is 19.6 Å². The van der Waals surface area contributed by atoms with Crippen LogP contribution in [0.15, 0.2) is 42.1 Å². The van der Waals surface area contributed by atoms with E-state index in [4.69, 9.17) is 4.74 Å². The van der Waals surface area contributed by atoms with Crippen LogP contribution in [0, 0.1) is 6.92 Å². The summed E-state index contributed by atoms with van der Waals surface area (Å²) in [5.41, 5.74) is 2.23. The van der Waals surface area contributed by atoms with Gasteiger partial charge in [0.1, 0.15) is 0 Å². The Morgan fingerprint density at radius 2 is 2.25 bits per heavy atom. The molecule has 0 amide bonds. The highest BCUT2D eigenvalue weighted by Gasteiger charge is 2.13. The third-order valence-corrected chi connectivity index (χ3v) is 4.42. The van der Waals surface area contributed by atoms with Crippen molar-refractivity contribution in [1.29, 1.82) is 0 Å². The molecule has 24 heavy (non-hydrogen) atoms. The maximum absolute atomic E-state index is 11.4. The minimum absolute atomic E-state index is 0.147. The number of carbonyl (C=O) groups is 1. The molecule has 2 rings (SSSR count). The number of aryl methyl sites for hydroxylation is 1. The summed E-state index contributed by atoms with van der Waals surface area (Å²) >= 11 is 1.60. The predicted octanol–water partition coefficient (Wildman–Crippen LogP) is 3.87. The van der Waals surface area contributed by atoms with Crippen LogP contribution in [0.1, 0.15) is 25.3 Å². The first-order valence-electron chi connectivity index (χ1n) is 8.05. The monoisotopic (exact) mass is 345 g/mol. The average molecular weight is 345 g/mol. The molecular formula is C18H23N3O2S. The predicted molar refractivity (Wildman–Crippen MR) is 97.0 cm³/mol. The third-order valence-electron chi connectivity index (χ3n) is 3.37. The Morgan fingerprint density at radius 1 is 1.42 bits per heavy atom. The second-order valence-electron chi connectivity index (χ2n) is 5.33. The lowest BCUT2D eigenvalue weighted by molar-refractivity contribution is -0.143. The molecule has 0 spiro atoms. The van der Waals surface area contributed by atoms with Gasteiger partial charge in [0.2, 0.25) is 0 Å². The second kappa shape index (κ2) is 9.27. The zero-order chi connectivity index (χ0) is 17.4. The topological polar surface area (TPSA) is 57.0 Å². The molecule has 0 fully saturated rings. The molecule has 0 saturated carbocycles.